The highest BCUT2D eigenvalue weighted by molar-refractivity contribution is 5.59. The van der Waals surface area contributed by atoms with Crippen molar-refractivity contribution in [3.8, 4) is 5.75 Å². The van der Waals surface area contributed by atoms with Crippen molar-refractivity contribution in [3.63, 3.8) is 0 Å². The third-order valence-electron chi connectivity index (χ3n) is 2.13. The predicted octanol–water partition coefficient (Wildman–Crippen LogP) is 2.06. The van der Waals surface area contributed by atoms with Crippen LogP contribution in [0, 0.1) is 0 Å². The van der Waals surface area contributed by atoms with Gasteiger partial charge in [-0.3, -0.25) is 0 Å². The van der Waals surface area contributed by atoms with Crippen LogP contribution in [0.4, 0.5) is 11.4 Å². The van der Waals surface area contributed by atoms with Crippen LogP contribution in [0.2, 0.25) is 0 Å². The van der Waals surface area contributed by atoms with E-state index in [9.17, 15) is 5.11 Å². The molecule has 0 fully saturated rings. The first-order valence-corrected chi connectivity index (χ1v) is 5.32. The highest BCUT2D eigenvalue weighted by Crippen LogP contribution is 2.27. The summed E-state index contributed by atoms with van der Waals surface area (Å²) in [5.41, 5.74) is 6.79. The maximum atomic E-state index is 9.36. The average molecular weight is 239 g/mol. The molecule has 0 aliphatic heterocycles. The zero-order valence-corrected chi connectivity index (χ0v) is 9.96. The van der Waals surface area contributed by atoms with E-state index in [-0.39, 0.29) is 6.61 Å². The van der Waals surface area contributed by atoms with Gasteiger partial charge in [0.15, 0.2) is 0 Å². The first-order valence-electron chi connectivity index (χ1n) is 5.32. The average Bonchev–Trinajstić information content (AvgIpc) is 2.34. The molecule has 0 aliphatic rings. The van der Waals surface area contributed by atoms with Crippen LogP contribution in [-0.4, -0.2) is 24.9 Å². The standard InChI is InChI=1S/C11H17N3O3/c1-3-9(15)7-17-11-5-4-8(6-10(11)12)13-14-16-2/h4-6,9,15H,3,7,12H2,1-2H3. The lowest BCUT2D eigenvalue weighted by molar-refractivity contribution is 0.105. The molecule has 1 rings (SSSR count). The molecule has 0 aliphatic carbocycles. The Labute approximate surface area is 100 Å². The van der Waals surface area contributed by atoms with Gasteiger partial charge in [0, 0.05) is 5.28 Å². The molecule has 1 atom stereocenters. The first-order chi connectivity index (χ1) is 8.17. The van der Waals surface area contributed by atoms with Crippen LogP contribution in [0.15, 0.2) is 28.6 Å². The van der Waals surface area contributed by atoms with Gasteiger partial charge in [-0.2, -0.15) is 0 Å². The smallest absolute Gasteiger partial charge is 0.142 e. The SMILES string of the molecule is CCC(O)COc1ccc(N=NOC)cc1N. The highest BCUT2D eigenvalue weighted by Gasteiger charge is 2.05. The number of nitrogens with zero attached hydrogens (tertiary/aromatic N) is 2. The number of benzene rings is 1. The second kappa shape index (κ2) is 6.70. The molecule has 3 N–H and O–H groups in total. The van der Waals surface area contributed by atoms with Gasteiger partial charge in [-0.1, -0.05) is 6.92 Å². The Hall–Kier alpha value is -1.82. The fourth-order valence-electron chi connectivity index (χ4n) is 1.12. The van der Waals surface area contributed by atoms with Crippen molar-refractivity contribution < 1.29 is 14.7 Å². The molecule has 0 radical (unpaired) electrons. The van der Waals surface area contributed by atoms with Gasteiger partial charge in [0.25, 0.3) is 0 Å². The van der Waals surface area contributed by atoms with Gasteiger partial charge in [-0.15, -0.1) is 5.11 Å². The van der Waals surface area contributed by atoms with Gasteiger partial charge in [-0.25, -0.2) is 0 Å². The molecular weight excluding hydrogens is 222 g/mol. The Bertz CT molecular complexity index is 382. The fourth-order valence-corrected chi connectivity index (χ4v) is 1.12. The summed E-state index contributed by atoms with van der Waals surface area (Å²) in [4.78, 5) is 4.46. The Morgan fingerprint density at radius 2 is 2.24 bits per heavy atom. The minimum atomic E-state index is -0.484. The Morgan fingerprint density at radius 1 is 1.47 bits per heavy atom. The number of nitrogens with two attached hydrogens (primary N) is 1. The van der Waals surface area contributed by atoms with E-state index >= 15 is 0 Å². The van der Waals surface area contributed by atoms with Crippen molar-refractivity contribution in [1.29, 1.82) is 0 Å². The molecule has 0 aromatic heterocycles. The van der Waals surface area contributed by atoms with Crippen molar-refractivity contribution in [2.75, 3.05) is 19.5 Å². The minimum Gasteiger partial charge on any atom is -0.489 e. The Morgan fingerprint density at radius 3 is 2.82 bits per heavy atom. The molecule has 0 bridgehead atoms. The summed E-state index contributed by atoms with van der Waals surface area (Å²) in [5.74, 6) is 0.522. The molecule has 0 heterocycles. The van der Waals surface area contributed by atoms with Crippen LogP contribution in [0.3, 0.4) is 0 Å². The van der Waals surface area contributed by atoms with E-state index in [4.69, 9.17) is 10.5 Å². The number of rotatable bonds is 6. The summed E-state index contributed by atoms with van der Waals surface area (Å²) in [5, 5.41) is 16.5. The second-order valence-corrected chi connectivity index (χ2v) is 3.46. The van der Waals surface area contributed by atoms with Crippen LogP contribution in [-0.2, 0) is 4.84 Å². The predicted molar refractivity (Wildman–Crippen MR) is 64.2 cm³/mol. The van der Waals surface area contributed by atoms with Gasteiger partial charge in [-0.05, 0) is 24.6 Å². The number of nitrogen functional groups attached to an aromatic ring is 1. The number of ether oxygens (including phenoxy) is 1. The van der Waals surface area contributed by atoms with Crippen LogP contribution in [0.25, 0.3) is 0 Å². The normalized spacial score (nSPS) is 12.6. The lowest BCUT2D eigenvalue weighted by atomic mass is 10.2. The summed E-state index contributed by atoms with van der Waals surface area (Å²) < 4.78 is 5.37. The number of aliphatic hydroxyl groups excluding tert-OH is 1. The van der Waals surface area contributed by atoms with E-state index in [2.05, 4.69) is 15.2 Å². The topological polar surface area (TPSA) is 89.4 Å². The van der Waals surface area contributed by atoms with Gasteiger partial charge in [0.2, 0.25) is 0 Å². The van der Waals surface area contributed by atoms with Crippen LogP contribution >= 0.6 is 0 Å². The van der Waals surface area contributed by atoms with Gasteiger partial charge >= 0.3 is 0 Å². The van der Waals surface area contributed by atoms with Gasteiger partial charge in [0.1, 0.15) is 19.5 Å². The number of anilines is 1. The zero-order chi connectivity index (χ0) is 12.7. The molecule has 1 aromatic carbocycles. The summed E-state index contributed by atoms with van der Waals surface area (Å²) in [6, 6.07) is 5.00. The molecule has 6 heteroatoms. The summed E-state index contributed by atoms with van der Waals surface area (Å²) >= 11 is 0. The monoisotopic (exact) mass is 239 g/mol. The fraction of sp³-hybridized carbons (Fsp3) is 0.455. The molecule has 0 spiro atoms. The second-order valence-electron chi connectivity index (χ2n) is 3.46. The van der Waals surface area contributed by atoms with E-state index in [1.165, 1.54) is 7.11 Å². The van der Waals surface area contributed by atoms with E-state index in [1.807, 2.05) is 6.92 Å². The zero-order valence-electron chi connectivity index (χ0n) is 9.96. The number of hydrogen-bond acceptors (Lipinski definition) is 6. The lowest BCUT2D eigenvalue weighted by Crippen LogP contribution is -2.16. The van der Waals surface area contributed by atoms with Crippen LogP contribution in [0.5, 0.6) is 5.75 Å². The molecule has 0 saturated heterocycles. The Balaban J connectivity index is 2.66. The van der Waals surface area contributed by atoms with E-state index < -0.39 is 6.10 Å². The molecule has 0 saturated carbocycles. The summed E-state index contributed by atoms with van der Waals surface area (Å²) in [6.45, 7) is 2.10. The molecule has 1 unspecified atom stereocenters. The molecule has 0 amide bonds. The van der Waals surface area contributed by atoms with Crippen molar-refractivity contribution in [2.45, 2.75) is 19.4 Å². The van der Waals surface area contributed by atoms with Crippen LogP contribution in [0.1, 0.15) is 13.3 Å². The molecule has 94 valence electrons. The molecule has 17 heavy (non-hydrogen) atoms. The van der Waals surface area contributed by atoms with Crippen LogP contribution < -0.4 is 10.5 Å². The van der Waals surface area contributed by atoms with Crippen molar-refractivity contribution >= 4 is 11.4 Å². The largest absolute Gasteiger partial charge is 0.489 e. The third-order valence-corrected chi connectivity index (χ3v) is 2.13. The molecular formula is C11H17N3O3. The maximum absolute atomic E-state index is 9.36. The van der Waals surface area contributed by atoms with Crippen molar-refractivity contribution in [1.82, 2.24) is 0 Å². The number of aliphatic hydroxyl groups is 1. The van der Waals surface area contributed by atoms with Gasteiger partial charge in [0.05, 0.1) is 17.5 Å². The summed E-state index contributed by atoms with van der Waals surface area (Å²) in [6.07, 6.45) is 0.155. The maximum Gasteiger partial charge on any atom is 0.142 e. The first kappa shape index (κ1) is 13.2. The van der Waals surface area contributed by atoms with E-state index in [1.54, 1.807) is 18.2 Å². The Kier molecular flexibility index (Phi) is 5.22. The van der Waals surface area contributed by atoms with Gasteiger partial charge < -0.3 is 20.4 Å². The van der Waals surface area contributed by atoms with E-state index in [0.29, 0.717) is 23.5 Å². The molecule has 1 aromatic rings. The van der Waals surface area contributed by atoms with E-state index in [0.717, 1.165) is 0 Å². The summed E-state index contributed by atoms with van der Waals surface area (Å²) in [7, 11) is 1.41. The lowest BCUT2D eigenvalue weighted by Gasteiger charge is -2.12. The minimum absolute atomic E-state index is 0.222. The number of hydrogen-bond donors (Lipinski definition) is 2. The van der Waals surface area contributed by atoms with Crippen molar-refractivity contribution in [3.05, 3.63) is 18.2 Å². The van der Waals surface area contributed by atoms with Crippen molar-refractivity contribution in [2.24, 2.45) is 10.4 Å². The third kappa shape index (κ3) is 4.28. The quantitative estimate of drug-likeness (QED) is 0.451. The highest BCUT2D eigenvalue weighted by atomic mass is 16.6. The molecule has 6 nitrogen and oxygen atoms in total.